The van der Waals surface area contributed by atoms with Crippen molar-refractivity contribution in [3.8, 4) is 0 Å². The highest BCUT2D eigenvalue weighted by Crippen LogP contribution is 2.64. The first-order valence-corrected chi connectivity index (χ1v) is 9.10. The monoisotopic (exact) mass is 348 g/mol. The van der Waals surface area contributed by atoms with Crippen LogP contribution >= 0.6 is 0 Å². The third-order valence-corrected chi connectivity index (χ3v) is 7.09. The lowest BCUT2D eigenvalue weighted by Crippen LogP contribution is -2.57. The van der Waals surface area contributed by atoms with Gasteiger partial charge in [-0.15, -0.1) is 6.58 Å². The number of carboxylic acids is 1. The molecule has 0 aromatic carbocycles. The molecule has 5 heteroatoms. The Kier molecular flexibility index (Phi) is 4.58. The first-order valence-electron chi connectivity index (χ1n) is 9.10. The smallest absolute Gasteiger partial charge is 0.313 e. The molecule has 0 saturated heterocycles. The molecule has 25 heavy (non-hydrogen) atoms. The van der Waals surface area contributed by atoms with Crippen LogP contribution in [0.4, 0.5) is 0 Å². The van der Waals surface area contributed by atoms with Crippen molar-refractivity contribution in [3.63, 3.8) is 0 Å². The lowest BCUT2D eigenvalue weighted by Gasteiger charge is -2.59. The summed E-state index contributed by atoms with van der Waals surface area (Å²) in [5.74, 6) is -1.01. The summed E-state index contributed by atoms with van der Waals surface area (Å²) < 4.78 is 0. The topological polar surface area (TPSA) is 98.0 Å². The maximum atomic E-state index is 12.1. The average Bonchev–Trinajstić information content (AvgIpc) is 2.57. The minimum Gasteiger partial charge on any atom is -0.508 e. The normalized spacial score (nSPS) is 42.7. The molecule has 3 unspecified atom stereocenters. The van der Waals surface area contributed by atoms with Crippen LogP contribution in [-0.4, -0.2) is 39.1 Å². The van der Waals surface area contributed by atoms with Crippen LogP contribution in [0.2, 0.25) is 0 Å². The van der Waals surface area contributed by atoms with Crippen molar-refractivity contribution in [3.05, 3.63) is 35.6 Å². The number of aliphatic carboxylic acids is 1. The van der Waals surface area contributed by atoms with Crippen LogP contribution in [-0.2, 0) is 4.79 Å². The number of rotatable bonds is 3. The summed E-state index contributed by atoms with van der Waals surface area (Å²) in [6, 6.07) is 0. The Balaban J connectivity index is 2.11. The number of aliphatic hydroxyl groups is 3. The van der Waals surface area contributed by atoms with Gasteiger partial charge < -0.3 is 20.4 Å². The van der Waals surface area contributed by atoms with Gasteiger partial charge in [0.15, 0.2) is 0 Å². The minimum atomic E-state index is -1.02. The van der Waals surface area contributed by atoms with Gasteiger partial charge in [-0.2, -0.15) is 0 Å². The molecule has 0 bridgehead atoms. The zero-order chi connectivity index (χ0) is 18.4. The van der Waals surface area contributed by atoms with Crippen molar-refractivity contribution in [2.24, 2.45) is 22.7 Å². The van der Waals surface area contributed by atoms with Crippen molar-refractivity contribution < 1.29 is 25.2 Å². The van der Waals surface area contributed by atoms with Gasteiger partial charge in [0.05, 0.1) is 18.1 Å². The van der Waals surface area contributed by atoms with E-state index in [4.69, 9.17) is 5.11 Å². The molecule has 5 nitrogen and oxygen atoms in total. The molecule has 4 N–H and O–H groups in total. The maximum Gasteiger partial charge on any atom is 0.313 e. The molecule has 0 aromatic rings. The van der Waals surface area contributed by atoms with Crippen LogP contribution in [0.5, 0.6) is 0 Å². The average molecular weight is 348 g/mol. The molecule has 5 atom stereocenters. The Morgan fingerprint density at radius 3 is 2.72 bits per heavy atom. The van der Waals surface area contributed by atoms with Crippen molar-refractivity contribution in [1.82, 2.24) is 0 Å². The molecule has 0 spiro atoms. The lowest BCUT2D eigenvalue weighted by molar-refractivity contribution is -0.163. The van der Waals surface area contributed by atoms with Gasteiger partial charge in [0.2, 0.25) is 0 Å². The van der Waals surface area contributed by atoms with Crippen molar-refractivity contribution in [2.45, 2.75) is 51.6 Å². The first-order chi connectivity index (χ1) is 11.8. The zero-order valence-electron chi connectivity index (χ0n) is 14.7. The predicted molar refractivity (Wildman–Crippen MR) is 93.9 cm³/mol. The molecular formula is C20H28O5. The van der Waals surface area contributed by atoms with Gasteiger partial charge >= 0.3 is 5.97 Å². The number of hydrogen-bond donors (Lipinski definition) is 4. The van der Waals surface area contributed by atoms with Gasteiger partial charge in [0.1, 0.15) is 5.76 Å². The molecule has 138 valence electrons. The quantitative estimate of drug-likeness (QED) is 0.588. The van der Waals surface area contributed by atoms with E-state index in [1.807, 2.05) is 0 Å². The maximum absolute atomic E-state index is 12.1. The zero-order valence-corrected chi connectivity index (χ0v) is 14.7. The second-order valence-corrected chi connectivity index (χ2v) is 8.02. The van der Waals surface area contributed by atoms with E-state index < -0.39 is 17.5 Å². The van der Waals surface area contributed by atoms with E-state index in [-0.39, 0.29) is 29.6 Å². The third-order valence-electron chi connectivity index (χ3n) is 7.09. The minimum absolute atomic E-state index is 0.0453. The highest BCUT2D eigenvalue weighted by atomic mass is 16.4. The van der Waals surface area contributed by atoms with Crippen LogP contribution < -0.4 is 0 Å². The number of carbonyl (C=O) groups is 1. The molecule has 0 aliphatic heterocycles. The van der Waals surface area contributed by atoms with E-state index in [0.717, 1.165) is 19.3 Å². The van der Waals surface area contributed by atoms with Gasteiger partial charge in [0.25, 0.3) is 0 Å². The van der Waals surface area contributed by atoms with Gasteiger partial charge in [-0.05, 0) is 54.9 Å². The summed E-state index contributed by atoms with van der Waals surface area (Å²) in [6.45, 7) is 5.79. The molecule has 0 aromatic heterocycles. The Bertz CT molecular complexity index is 648. The Morgan fingerprint density at radius 2 is 2.12 bits per heavy atom. The van der Waals surface area contributed by atoms with Crippen molar-refractivity contribution in [1.29, 1.82) is 0 Å². The second kappa shape index (κ2) is 6.29. The van der Waals surface area contributed by atoms with Gasteiger partial charge in [-0.25, -0.2) is 0 Å². The molecule has 3 aliphatic rings. The summed E-state index contributed by atoms with van der Waals surface area (Å²) in [6.07, 6.45) is 6.22. The highest BCUT2D eigenvalue weighted by Gasteiger charge is 2.61. The highest BCUT2D eigenvalue weighted by molar-refractivity contribution is 5.78. The summed E-state index contributed by atoms with van der Waals surface area (Å²) in [4.78, 5) is 12.1. The standard InChI is InChI=1S/C20H28O5/c1-3-20(18(24)25)9-4-8-19(2)13-6-5-12(7-10-21)17(23)16(13)14(22)11-15(19)20/h3,7,13-15,21-23H,1,4-6,8-11H2,2H3,(H,24,25)/b12-7+/t13?,14?,15?,19-,20+/m1/s1. The van der Waals surface area contributed by atoms with Crippen molar-refractivity contribution in [2.75, 3.05) is 6.61 Å². The van der Waals surface area contributed by atoms with Crippen LogP contribution in [0, 0.1) is 22.7 Å². The van der Waals surface area contributed by atoms with Gasteiger partial charge in [-0.3, -0.25) is 4.79 Å². The van der Waals surface area contributed by atoms with Crippen LogP contribution in [0.15, 0.2) is 35.6 Å². The molecule has 0 amide bonds. The number of aliphatic hydroxyl groups excluding tert-OH is 3. The fourth-order valence-corrected chi connectivity index (χ4v) is 5.84. The van der Waals surface area contributed by atoms with E-state index in [9.17, 15) is 20.1 Å². The fraction of sp³-hybridized carbons (Fsp3) is 0.650. The molecule has 2 saturated carbocycles. The second-order valence-electron chi connectivity index (χ2n) is 8.02. The van der Waals surface area contributed by atoms with Gasteiger partial charge in [0, 0.05) is 5.57 Å². The van der Waals surface area contributed by atoms with Crippen molar-refractivity contribution >= 4 is 5.97 Å². The summed E-state index contributed by atoms with van der Waals surface area (Å²) in [5, 5.41) is 40.5. The van der Waals surface area contributed by atoms with E-state index in [2.05, 4.69) is 13.5 Å². The summed E-state index contributed by atoms with van der Waals surface area (Å²) in [7, 11) is 0. The number of hydrogen-bond acceptors (Lipinski definition) is 4. The predicted octanol–water partition coefficient (Wildman–Crippen LogP) is 2.96. The third kappa shape index (κ3) is 2.48. The molecule has 0 radical (unpaired) electrons. The largest absolute Gasteiger partial charge is 0.508 e. The molecule has 0 heterocycles. The van der Waals surface area contributed by atoms with Crippen LogP contribution in [0.1, 0.15) is 45.4 Å². The molecule has 2 fully saturated rings. The summed E-state index contributed by atoms with van der Waals surface area (Å²) in [5.41, 5.74) is 0.00268. The molecular weight excluding hydrogens is 320 g/mol. The summed E-state index contributed by atoms with van der Waals surface area (Å²) >= 11 is 0. The van der Waals surface area contributed by atoms with Crippen LogP contribution in [0.25, 0.3) is 0 Å². The SMILES string of the molecule is C=C[C@]1(C(=O)O)CCC[C@]2(C)C3CC/C(=C\CO)C(O)=C3C(O)CC21. The van der Waals surface area contributed by atoms with E-state index in [1.165, 1.54) is 0 Å². The Morgan fingerprint density at radius 1 is 1.40 bits per heavy atom. The molecule has 3 rings (SSSR count). The van der Waals surface area contributed by atoms with E-state index in [1.54, 1.807) is 12.2 Å². The lowest BCUT2D eigenvalue weighted by atomic mass is 9.45. The fourth-order valence-electron chi connectivity index (χ4n) is 5.84. The molecule has 3 aliphatic carbocycles. The van der Waals surface area contributed by atoms with E-state index >= 15 is 0 Å². The van der Waals surface area contributed by atoms with Crippen LogP contribution in [0.3, 0.4) is 0 Å². The first kappa shape index (κ1) is 18.2. The van der Waals surface area contributed by atoms with E-state index in [0.29, 0.717) is 30.4 Å². The van der Waals surface area contributed by atoms with Gasteiger partial charge in [-0.1, -0.05) is 25.5 Å². The Hall–Kier alpha value is -1.59. The Labute approximate surface area is 148 Å². The number of fused-ring (bicyclic) bond motifs is 3. The number of carboxylic acid groups (broad SMARTS) is 1. The number of allylic oxidation sites excluding steroid dienone is 1.